The van der Waals surface area contributed by atoms with Gasteiger partial charge in [-0.05, 0) is 0 Å². The molecule has 0 bridgehead atoms. The maximum atomic E-state index is 4.97. The van der Waals surface area contributed by atoms with Gasteiger partial charge in [-0.1, -0.05) is 0 Å². The monoisotopic (exact) mass is 536 g/mol. The van der Waals surface area contributed by atoms with Crippen molar-refractivity contribution in [2.45, 2.75) is 104 Å². The summed E-state index contributed by atoms with van der Waals surface area (Å²) in [5.74, 6) is 1.03. The molecule has 0 aromatic heterocycles. The van der Waals surface area contributed by atoms with Crippen molar-refractivity contribution in [3.05, 3.63) is 10.2 Å². The molecule has 0 aliphatic heterocycles. The molecule has 0 N–H and O–H groups in total. The van der Waals surface area contributed by atoms with Crippen LogP contribution in [0.25, 0.3) is 0 Å². The van der Waals surface area contributed by atoms with Crippen LogP contribution in [-0.4, -0.2) is 36.8 Å². The van der Waals surface area contributed by atoms with Crippen LogP contribution in [0.3, 0.4) is 0 Å². The van der Waals surface area contributed by atoms with Crippen LogP contribution in [0.4, 0.5) is 0 Å². The van der Waals surface area contributed by atoms with Crippen molar-refractivity contribution >= 4 is 36.8 Å². The number of rotatable bonds is 10. The van der Waals surface area contributed by atoms with Crippen molar-refractivity contribution < 1.29 is 0 Å². The second kappa shape index (κ2) is 10.5. The summed E-state index contributed by atoms with van der Waals surface area (Å²) in [5, 5.41) is 0. The predicted octanol–water partition coefficient (Wildman–Crippen LogP) is 8.05. The molecule has 0 amide bonds. The van der Waals surface area contributed by atoms with Crippen LogP contribution in [0, 0.1) is 5.92 Å². The van der Waals surface area contributed by atoms with E-state index in [1.54, 1.807) is 13.3 Å². The van der Waals surface area contributed by atoms with Crippen LogP contribution in [-0.2, 0) is 0 Å². The van der Waals surface area contributed by atoms with Crippen molar-refractivity contribution in [3.8, 4) is 0 Å². The molecular weight excluding hydrogens is 490 g/mol. The summed E-state index contributed by atoms with van der Waals surface area (Å²) in [4.78, 5) is 0. The Balaban J connectivity index is 3.29. The third-order valence-corrected chi connectivity index (χ3v) is 44.9. The maximum absolute atomic E-state index is 4.97. The zero-order chi connectivity index (χ0) is 17.5. The molecule has 1 fully saturated rings. The summed E-state index contributed by atoms with van der Waals surface area (Å²) >= 11 is -4.22. The predicted molar refractivity (Wildman–Crippen MR) is 114 cm³/mol. The van der Waals surface area contributed by atoms with Crippen LogP contribution in [0.1, 0.15) is 73.6 Å². The molecule has 1 aliphatic carbocycles. The van der Waals surface area contributed by atoms with Gasteiger partial charge in [-0.2, -0.15) is 0 Å². The Morgan fingerprint density at radius 1 is 0.783 bits per heavy atom. The van der Waals surface area contributed by atoms with E-state index in [0.29, 0.717) is 0 Å². The minimum atomic E-state index is -2.13. The summed E-state index contributed by atoms with van der Waals surface area (Å²) < 4.78 is 12.2. The van der Waals surface area contributed by atoms with Gasteiger partial charge >= 0.3 is 157 Å². The van der Waals surface area contributed by atoms with E-state index in [1.165, 1.54) is 45.4 Å². The van der Waals surface area contributed by atoms with Crippen molar-refractivity contribution in [3.63, 3.8) is 0 Å². The molecule has 1 rings (SSSR count). The van der Waals surface area contributed by atoms with E-state index in [0.717, 1.165) is 9.85 Å². The first-order valence-corrected chi connectivity index (χ1v) is 25.9. The van der Waals surface area contributed by atoms with Gasteiger partial charge in [0.2, 0.25) is 0 Å². The minimum absolute atomic E-state index is 1.03. The van der Waals surface area contributed by atoms with Gasteiger partial charge < -0.3 is 0 Å². The molecule has 0 heterocycles. The van der Waals surface area contributed by atoms with E-state index < -0.39 is 36.8 Å². The molecule has 2 heteroatoms. The van der Waals surface area contributed by atoms with Crippen LogP contribution < -0.4 is 0 Å². The average Bonchev–Trinajstić information content (AvgIpc) is 2.62. The van der Waals surface area contributed by atoms with Crippen LogP contribution in [0.5, 0.6) is 0 Å². The Morgan fingerprint density at radius 3 is 1.57 bits per heavy atom. The molecule has 0 aromatic rings. The zero-order valence-corrected chi connectivity index (χ0v) is 22.8. The summed E-state index contributed by atoms with van der Waals surface area (Å²) in [6.45, 7) is 20.1. The summed E-state index contributed by atoms with van der Waals surface area (Å²) in [6, 6.07) is 0. The average molecular weight is 534 g/mol. The number of hydrogen-bond acceptors (Lipinski definition) is 0. The topological polar surface area (TPSA) is 0 Å². The van der Waals surface area contributed by atoms with Gasteiger partial charge in [0.15, 0.2) is 0 Å². The van der Waals surface area contributed by atoms with Gasteiger partial charge in [0, 0.05) is 0 Å². The van der Waals surface area contributed by atoms with E-state index in [4.69, 9.17) is 6.58 Å². The molecule has 1 atom stereocenters. The fourth-order valence-electron chi connectivity index (χ4n) is 5.79. The van der Waals surface area contributed by atoms with Gasteiger partial charge in [0.25, 0.3) is 0 Å². The van der Waals surface area contributed by atoms with Crippen LogP contribution in [0.15, 0.2) is 10.2 Å². The molecule has 0 nitrogen and oxygen atoms in total. The zero-order valence-electron chi connectivity index (χ0n) is 17.1. The Morgan fingerprint density at radius 2 is 1.22 bits per heavy atom. The van der Waals surface area contributed by atoms with Gasteiger partial charge in [-0.25, -0.2) is 0 Å². The van der Waals surface area contributed by atoms with Crippen molar-refractivity contribution in [1.29, 1.82) is 0 Å². The second-order valence-corrected chi connectivity index (χ2v) is 39.0. The van der Waals surface area contributed by atoms with Crippen molar-refractivity contribution in [2.24, 2.45) is 5.92 Å². The molecular formula is C21H44Sn2. The SMILES string of the molecule is C=[C]([CH](C1CCCCC1)[Sn]([CH2]C)([CH2]C)[CH2]C)[Sn]([CH2]C)([CH2]C)[CH2]C. The molecule has 0 saturated heterocycles. The van der Waals surface area contributed by atoms with Crippen molar-refractivity contribution in [1.82, 2.24) is 0 Å². The summed E-state index contributed by atoms with van der Waals surface area (Å²) in [5.41, 5.74) is 0. The Labute approximate surface area is 156 Å². The summed E-state index contributed by atoms with van der Waals surface area (Å²) in [6.07, 6.45) is 7.55. The second-order valence-electron chi connectivity index (χ2n) is 8.17. The third kappa shape index (κ3) is 4.74. The molecule has 0 radical (unpaired) electrons. The molecule has 136 valence electrons. The van der Waals surface area contributed by atoms with E-state index in [-0.39, 0.29) is 0 Å². The van der Waals surface area contributed by atoms with Crippen LogP contribution >= 0.6 is 0 Å². The fourth-order valence-corrected chi connectivity index (χ4v) is 42.2. The van der Waals surface area contributed by atoms with E-state index in [1.807, 2.05) is 3.59 Å². The quantitative estimate of drug-likeness (QED) is 0.249. The van der Waals surface area contributed by atoms with E-state index in [9.17, 15) is 0 Å². The summed E-state index contributed by atoms with van der Waals surface area (Å²) in [7, 11) is 0. The Bertz CT molecular complexity index is 330. The molecule has 1 aliphatic rings. The molecule has 23 heavy (non-hydrogen) atoms. The molecule has 0 aromatic carbocycles. The normalized spacial score (nSPS) is 18.9. The third-order valence-electron chi connectivity index (χ3n) is 7.98. The van der Waals surface area contributed by atoms with E-state index >= 15 is 0 Å². The van der Waals surface area contributed by atoms with E-state index in [2.05, 4.69) is 41.5 Å². The standard InChI is InChI=1S/C9H14.6C2H5.2Sn/c1-2-6-9-7-4-3-5-8-9;6*1-2;;/h6,9H,1,3-5,7-8H2;6*1H2,2H3;;. The molecule has 0 spiro atoms. The molecule has 1 unspecified atom stereocenters. The van der Waals surface area contributed by atoms with Gasteiger partial charge in [0.1, 0.15) is 0 Å². The van der Waals surface area contributed by atoms with Gasteiger partial charge in [-0.15, -0.1) is 0 Å². The Kier molecular flexibility index (Phi) is 10.2. The van der Waals surface area contributed by atoms with Gasteiger partial charge in [0.05, 0.1) is 0 Å². The van der Waals surface area contributed by atoms with Gasteiger partial charge in [-0.3, -0.25) is 0 Å². The first-order chi connectivity index (χ1) is 11.0. The number of allylic oxidation sites excluding steroid dienone is 1. The fraction of sp³-hybridized carbons (Fsp3) is 0.905. The van der Waals surface area contributed by atoms with Crippen LogP contribution in [0.2, 0.25) is 30.6 Å². The Hall–Kier alpha value is 1.34. The molecule has 1 saturated carbocycles. The number of hydrogen-bond donors (Lipinski definition) is 0. The van der Waals surface area contributed by atoms with Crippen molar-refractivity contribution in [2.75, 3.05) is 0 Å². The first kappa shape index (κ1) is 22.4. The first-order valence-electron chi connectivity index (χ1n) is 10.7.